The number of halogens is 1. The van der Waals surface area contributed by atoms with Crippen LogP contribution in [-0.4, -0.2) is 17.6 Å². The first-order chi connectivity index (χ1) is 6.13. The van der Waals surface area contributed by atoms with E-state index in [0.29, 0.717) is 6.54 Å². The monoisotopic (exact) mass is 243 g/mol. The standard InChI is InChI=1S/C9H14BrN3/c1-6-3-8(10)9(12-5-6)13-7(2)4-11/h3,5,7H,4,11H2,1-2H3,(H,12,13). The minimum Gasteiger partial charge on any atom is -0.365 e. The Bertz CT molecular complexity index is 288. The van der Waals surface area contributed by atoms with E-state index in [1.807, 2.05) is 26.1 Å². The van der Waals surface area contributed by atoms with E-state index in [4.69, 9.17) is 5.73 Å². The molecule has 0 aliphatic heterocycles. The van der Waals surface area contributed by atoms with Gasteiger partial charge in [-0.1, -0.05) is 0 Å². The summed E-state index contributed by atoms with van der Waals surface area (Å²) in [4.78, 5) is 4.25. The number of aryl methyl sites for hydroxylation is 1. The van der Waals surface area contributed by atoms with Crippen molar-refractivity contribution in [2.24, 2.45) is 5.73 Å². The van der Waals surface area contributed by atoms with Crippen molar-refractivity contribution in [2.45, 2.75) is 19.9 Å². The molecule has 1 aromatic rings. The van der Waals surface area contributed by atoms with Gasteiger partial charge in [-0.3, -0.25) is 0 Å². The molecule has 1 aromatic heterocycles. The molecule has 13 heavy (non-hydrogen) atoms. The maximum Gasteiger partial charge on any atom is 0.140 e. The SMILES string of the molecule is Cc1cnc(NC(C)CN)c(Br)c1. The van der Waals surface area contributed by atoms with Crippen LogP contribution in [0.2, 0.25) is 0 Å². The zero-order valence-electron chi connectivity index (χ0n) is 7.84. The molecule has 3 nitrogen and oxygen atoms in total. The van der Waals surface area contributed by atoms with E-state index in [-0.39, 0.29) is 6.04 Å². The van der Waals surface area contributed by atoms with Gasteiger partial charge in [-0.25, -0.2) is 4.98 Å². The van der Waals surface area contributed by atoms with Gasteiger partial charge in [0.2, 0.25) is 0 Å². The Morgan fingerprint density at radius 3 is 2.92 bits per heavy atom. The number of hydrogen-bond donors (Lipinski definition) is 2. The number of hydrogen-bond acceptors (Lipinski definition) is 3. The van der Waals surface area contributed by atoms with Crippen molar-refractivity contribution in [3.63, 3.8) is 0 Å². The molecular formula is C9H14BrN3. The lowest BCUT2D eigenvalue weighted by molar-refractivity contribution is 0.797. The highest BCUT2D eigenvalue weighted by molar-refractivity contribution is 9.10. The van der Waals surface area contributed by atoms with Crippen LogP contribution in [0.1, 0.15) is 12.5 Å². The van der Waals surface area contributed by atoms with E-state index in [2.05, 4.69) is 26.2 Å². The predicted octanol–water partition coefficient (Wildman–Crippen LogP) is 1.91. The third kappa shape index (κ3) is 2.97. The molecule has 0 fully saturated rings. The zero-order valence-corrected chi connectivity index (χ0v) is 9.43. The lowest BCUT2D eigenvalue weighted by Crippen LogP contribution is -2.25. The third-order valence-electron chi connectivity index (χ3n) is 1.71. The Morgan fingerprint density at radius 1 is 1.69 bits per heavy atom. The van der Waals surface area contributed by atoms with Crippen LogP contribution in [0.4, 0.5) is 5.82 Å². The summed E-state index contributed by atoms with van der Waals surface area (Å²) >= 11 is 3.44. The summed E-state index contributed by atoms with van der Waals surface area (Å²) in [5, 5.41) is 3.20. The van der Waals surface area contributed by atoms with E-state index >= 15 is 0 Å². The average molecular weight is 244 g/mol. The molecule has 1 unspecified atom stereocenters. The second-order valence-electron chi connectivity index (χ2n) is 3.12. The molecule has 1 rings (SSSR count). The van der Waals surface area contributed by atoms with Crippen molar-refractivity contribution in [3.8, 4) is 0 Å². The van der Waals surface area contributed by atoms with Gasteiger partial charge in [0.05, 0.1) is 4.47 Å². The summed E-state index contributed by atoms with van der Waals surface area (Å²) < 4.78 is 0.979. The Labute approximate surface area is 86.9 Å². The van der Waals surface area contributed by atoms with Gasteiger partial charge in [-0.2, -0.15) is 0 Å². The van der Waals surface area contributed by atoms with Crippen molar-refractivity contribution in [1.82, 2.24) is 4.98 Å². The van der Waals surface area contributed by atoms with Crippen molar-refractivity contribution in [1.29, 1.82) is 0 Å². The first kappa shape index (κ1) is 10.5. The molecule has 1 atom stereocenters. The molecule has 0 radical (unpaired) electrons. The highest BCUT2D eigenvalue weighted by Gasteiger charge is 2.04. The van der Waals surface area contributed by atoms with Crippen molar-refractivity contribution in [3.05, 3.63) is 22.3 Å². The number of anilines is 1. The smallest absolute Gasteiger partial charge is 0.140 e. The first-order valence-corrected chi connectivity index (χ1v) is 5.01. The van der Waals surface area contributed by atoms with Gasteiger partial charge in [0.1, 0.15) is 5.82 Å². The molecule has 0 amide bonds. The molecule has 0 bridgehead atoms. The number of nitrogens with zero attached hydrogens (tertiary/aromatic N) is 1. The van der Waals surface area contributed by atoms with E-state index in [1.165, 1.54) is 0 Å². The fraction of sp³-hybridized carbons (Fsp3) is 0.444. The normalized spacial score (nSPS) is 12.6. The molecule has 0 aliphatic rings. The highest BCUT2D eigenvalue weighted by Crippen LogP contribution is 2.20. The van der Waals surface area contributed by atoms with Gasteiger partial charge in [0, 0.05) is 18.8 Å². The van der Waals surface area contributed by atoms with Gasteiger partial charge in [0.25, 0.3) is 0 Å². The van der Waals surface area contributed by atoms with Crippen LogP contribution < -0.4 is 11.1 Å². The van der Waals surface area contributed by atoms with E-state index in [1.54, 1.807) is 0 Å². The number of pyridine rings is 1. The summed E-state index contributed by atoms with van der Waals surface area (Å²) in [6.07, 6.45) is 1.83. The quantitative estimate of drug-likeness (QED) is 0.853. The van der Waals surface area contributed by atoms with Crippen LogP contribution in [0, 0.1) is 6.92 Å². The summed E-state index contributed by atoms with van der Waals surface area (Å²) in [7, 11) is 0. The Morgan fingerprint density at radius 2 is 2.38 bits per heavy atom. The molecular weight excluding hydrogens is 230 g/mol. The fourth-order valence-corrected chi connectivity index (χ4v) is 1.51. The second-order valence-corrected chi connectivity index (χ2v) is 3.98. The first-order valence-electron chi connectivity index (χ1n) is 4.22. The second kappa shape index (κ2) is 4.58. The summed E-state index contributed by atoms with van der Waals surface area (Å²) in [5.74, 6) is 0.851. The van der Waals surface area contributed by atoms with Crippen LogP contribution >= 0.6 is 15.9 Å². The molecule has 72 valence electrons. The lowest BCUT2D eigenvalue weighted by Gasteiger charge is -2.13. The van der Waals surface area contributed by atoms with Gasteiger partial charge < -0.3 is 11.1 Å². The van der Waals surface area contributed by atoms with E-state index in [9.17, 15) is 0 Å². The lowest BCUT2D eigenvalue weighted by atomic mass is 10.3. The number of aromatic nitrogens is 1. The molecule has 0 spiro atoms. The van der Waals surface area contributed by atoms with Gasteiger partial charge in [0.15, 0.2) is 0 Å². The maximum absolute atomic E-state index is 5.49. The van der Waals surface area contributed by atoms with E-state index in [0.717, 1.165) is 15.9 Å². The molecule has 3 N–H and O–H groups in total. The molecule has 0 aliphatic carbocycles. The minimum atomic E-state index is 0.242. The molecule has 0 saturated carbocycles. The van der Waals surface area contributed by atoms with Crippen LogP contribution in [0.5, 0.6) is 0 Å². The minimum absolute atomic E-state index is 0.242. The fourth-order valence-electron chi connectivity index (χ4n) is 0.932. The highest BCUT2D eigenvalue weighted by atomic mass is 79.9. The van der Waals surface area contributed by atoms with Crippen molar-refractivity contribution >= 4 is 21.7 Å². The number of nitrogens with one attached hydrogen (secondary N) is 1. The average Bonchev–Trinajstić information content (AvgIpc) is 2.09. The van der Waals surface area contributed by atoms with Crippen LogP contribution in [0.3, 0.4) is 0 Å². The molecule has 4 heteroatoms. The summed E-state index contributed by atoms with van der Waals surface area (Å²) in [6, 6.07) is 2.27. The molecule has 0 saturated heterocycles. The van der Waals surface area contributed by atoms with Gasteiger partial charge in [-0.05, 0) is 41.4 Å². The van der Waals surface area contributed by atoms with E-state index < -0.39 is 0 Å². The predicted molar refractivity (Wildman–Crippen MR) is 58.8 cm³/mol. The van der Waals surface area contributed by atoms with Crippen LogP contribution in [-0.2, 0) is 0 Å². The zero-order chi connectivity index (χ0) is 9.84. The summed E-state index contributed by atoms with van der Waals surface area (Å²) in [5.41, 5.74) is 6.63. The Hall–Kier alpha value is -0.610. The third-order valence-corrected chi connectivity index (χ3v) is 2.32. The van der Waals surface area contributed by atoms with Gasteiger partial charge in [-0.15, -0.1) is 0 Å². The van der Waals surface area contributed by atoms with Crippen molar-refractivity contribution < 1.29 is 0 Å². The van der Waals surface area contributed by atoms with Gasteiger partial charge >= 0.3 is 0 Å². The maximum atomic E-state index is 5.49. The Balaban J connectivity index is 2.77. The largest absolute Gasteiger partial charge is 0.365 e. The van der Waals surface area contributed by atoms with Crippen molar-refractivity contribution in [2.75, 3.05) is 11.9 Å². The Kier molecular flexibility index (Phi) is 3.69. The number of rotatable bonds is 3. The molecule has 0 aromatic carbocycles. The van der Waals surface area contributed by atoms with Crippen LogP contribution in [0.25, 0.3) is 0 Å². The number of nitrogens with two attached hydrogens (primary N) is 1. The summed E-state index contributed by atoms with van der Waals surface area (Å²) in [6.45, 7) is 4.63. The van der Waals surface area contributed by atoms with Crippen LogP contribution in [0.15, 0.2) is 16.7 Å². The molecule has 1 heterocycles. The topological polar surface area (TPSA) is 50.9 Å².